The topological polar surface area (TPSA) is 81.4 Å². The average Bonchev–Trinajstić information content (AvgIpc) is 2.46. The molecule has 5 heteroatoms. The van der Waals surface area contributed by atoms with E-state index in [2.05, 4.69) is 12.2 Å². The van der Waals surface area contributed by atoms with Crippen LogP contribution in [0.3, 0.4) is 0 Å². The van der Waals surface area contributed by atoms with Gasteiger partial charge >= 0.3 is 5.97 Å². The summed E-state index contributed by atoms with van der Waals surface area (Å²) in [5.74, 6) is 0.473. The van der Waals surface area contributed by atoms with E-state index in [0.29, 0.717) is 24.8 Å². The molecule has 1 aliphatic carbocycles. The third-order valence-corrected chi connectivity index (χ3v) is 4.60. The van der Waals surface area contributed by atoms with Gasteiger partial charge in [-0.2, -0.15) is 0 Å². The summed E-state index contributed by atoms with van der Waals surface area (Å²) in [7, 11) is 1.35. The number of rotatable bonds is 6. The van der Waals surface area contributed by atoms with Crippen molar-refractivity contribution in [2.24, 2.45) is 23.0 Å². The van der Waals surface area contributed by atoms with Crippen molar-refractivity contribution in [3.8, 4) is 0 Å². The van der Waals surface area contributed by atoms with Crippen LogP contribution in [0.2, 0.25) is 0 Å². The molecule has 122 valence electrons. The normalized spacial score (nSPS) is 27.2. The van der Waals surface area contributed by atoms with Crippen LogP contribution in [0.1, 0.15) is 52.9 Å². The molecule has 0 saturated heterocycles. The average molecular weight is 298 g/mol. The first kappa shape index (κ1) is 18.0. The first-order valence-electron chi connectivity index (χ1n) is 7.93. The third kappa shape index (κ3) is 4.70. The van der Waals surface area contributed by atoms with E-state index < -0.39 is 11.5 Å². The lowest BCUT2D eigenvalue weighted by Gasteiger charge is -2.38. The number of amides is 1. The summed E-state index contributed by atoms with van der Waals surface area (Å²) in [5, 5.41) is 2.88. The van der Waals surface area contributed by atoms with Gasteiger partial charge in [-0.25, -0.2) is 4.79 Å². The fourth-order valence-corrected chi connectivity index (χ4v) is 2.98. The first-order chi connectivity index (χ1) is 9.84. The van der Waals surface area contributed by atoms with Crippen LogP contribution in [0, 0.1) is 17.3 Å². The van der Waals surface area contributed by atoms with Gasteiger partial charge < -0.3 is 15.8 Å². The molecule has 1 rings (SSSR count). The summed E-state index contributed by atoms with van der Waals surface area (Å²) in [5.41, 5.74) is 5.38. The quantitative estimate of drug-likeness (QED) is 0.733. The number of hydrogen-bond acceptors (Lipinski definition) is 4. The number of carbonyl (C=O) groups excluding carboxylic acids is 2. The van der Waals surface area contributed by atoms with Gasteiger partial charge in [-0.05, 0) is 43.9 Å². The molecule has 1 saturated carbocycles. The number of ether oxygens (including phenoxy) is 1. The minimum atomic E-state index is -0.578. The highest BCUT2D eigenvalue weighted by Crippen LogP contribution is 2.38. The van der Waals surface area contributed by atoms with Gasteiger partial charge in [0.15, 0.2) is 0 Å². The molecule has 0 aromatic heterocycles. The van der Waals surface area contributed by atoms with E-state index in [-0.39, 0.29) is 11.9 Å². The molecule has 0 bridgehead atoms. The van der Waals surface area contributed by atoms with Crippen LogP contribution >= 0.6 is 0 Å². The van der Waals surface area contributed by atoms with Crippen molar-refractivity contribution < 1.29 is 14.3 Å². The second-order valence-electron chi connectivity index (χ2n) is 6.85. The van der Waals surface area contributed by atoms with Crippen LogP contribution in [0.25, 0.3) is 0 Å². The van der Waals surface area contributed by atoms with Crippen molar-refractivity contribution in [1.29, 1.82) is 0 Å². The fourth-order valence-electron chi connectivity index (χ4n) is 2.98. The van der Waals surface area contributed by atoms with Gasteiger partial charge in [-0.1, -0.05) is 20.8 Å². The Bertz CT molecular complexity index is 361. The number of methoxy groups -OCH3 is 1. The van der Waals surface area contributed by atoms with Crippen molar-refractivity contribution >= 4 is 11.9 Å². The highest BCUT2D eigenvalue weighted by molar-refractivity contribution is 5.88. The summed E-state index contributed by atoms with van der Waals surface area (Å²) in [6.07, 6.45) is 4.20. The SMILES string of the molecule is COC(=O)C(CC(C)C)NC(=O)C1(CN)CCC(C)CC1. The largest absolute Gasteiger partial charge is 0.467 e. The van der Waals surface area contributed by atoms with Gasteiger partial charge in [0.2, 0.25) is 5.91 Å². The van der Waals surface area contributed by atoms with Crippen LogP contribution in [0.15, 0.2) is 0 Å². The van der Waals surface area contributed by atoms with Gasteiger partial charge in [0.1, 0.15) is 6.04 Å². The van der Waals surface area contributed by atoms with E-state index in [1.54, 1.807) is 0 Å². The Labute approximate surface area is 128 Å². The maximum atomic E-state index is 12.7. The lowest BCUT2D eigenvalue weighted by atomic mass is 9.70. The van der Waals surface area contributed by atoms with E-state index >= 15 is 0 Å². The van der Waals surface area contributed by atoms with E-state index in [1.807, 2.05) is 13.8 Å². The highest BCUT2D eigenvalue weighted by atomic mass is 16.5. The Morgan fingerprint density at radius 1 is 1.33 bits per heavy atom. The summed E-state index contributed by atoms with van der Waals surface area (Å²) in [6, 6.07) is -0.578. The van der Waals surface area contributed by atoms with Gasteiger partial charge in [0.05, 0.1) is 12.5 Å². The fraction of sp³-hybridized carbons (Fsp3) is 0.875. The van der Waals surface area contributed by atoms with Crippen molar-refractivity contribution in [3.05, 3.63) is 0 Å². The van der Waals surface area contributed by atoms with E-state index in [4.69, 9.17) is 10.5 Å². The number of esters is 1. The van der Waals surface area contributed by atoms with Gasteiger partial charge in [-0.3, -0.25) is 4.79 Å². The van der Waals surface area contributed by atoms with Gasteiger partial charge in [0.25, 0.3) is 0 Å². The molecule has 1 unspecified atom stereocenters. The van der Waals surface area contributed by atoms with E-state index in [0.717, 1.165) is 25.7 Å². The molecule has 0 radical (unpaired) electrons. The van der Waals surface area contributed by atoms with Crippen LogP contribution in [-0.4, -0.2) is 31.6 Å². The maximum absolute atomic E-state index is 12.7. The zero-order chi connectivity index (χ0) is 16.0. The molecule has 0 aliphatic heterocycles. The molecule has 21 heavy (non-hydrogen) atoms. The molecule has 5 nitrogen and oxygen atoms in total. The van der Waals surface area contributed by atoms with E-state index in [9.17, 15) is 9.59 Å². The molecular formula is C16H30N2O3. The molecule has 3 N–H and O–H groups in total. The summed E-state index contributed by atoms with van der Waals surface area (Å²) in [4.78, 5) is 24.5. The number of nitrogens with one attached hydrogen (secondary N) is 1. The lowest BCUT2D eigenvalue weighted by molar-refractivity contribution is -0.147. The zero-order valence-electron chi connectivity index (χ0n) is 13.8. The molecule has 0 aromatic carbocycles. The number of carbonyl (C=O) groups is 2. The van der Waals surface area contributed by atoms with Crippen molar-refractivity contribution in [3.63, 3.8) is 0 Å². The highest BCUT2D eigenvalue weighted by Gasteiger charge is 2.41. The summed E-state index contributed by atoms with van der Waals surface area (Å²) < 4.78 is 4.80. The molecular weight excluding hydrogens is 268 g/mol. The minimum absolute atomic E-state index is 0.0899. The Balaban J connectivity index is 2.76. The number of hydrogen-bond donors (Lipinski definition) is 2. The van der Waals surface area contributed by atoms with Crippen molar-refractivity contribution in [2.75, 3.05) is 13.7 Å². The molecule has 0 aromatic rings. The number of nitrogens with two attached hydrogens (primary N) is 1. The Morgan fingerprint density at radius 3 is 2.33 bits per heavy atom. The maximum Gasteiger partial charge on any atom is 0.328 e. The standard InChI is InChI=1S/C16H30N2O3/c1-11(2)9-13(14(19)21-4)18-15(20)16(10-17)7-5-12(3)6-8-16/h11-13H,5-10,17H2,1-4H3,(H,18,20). The molecule has 1 aliphatic rings. The molecule has 1 atom stereocenters. The monoisotopic (exact) mass is 298 g/mol. The summed E-state index contributed by atoms with van der Waals surface area (Å²) in [6.45, 7) is 6.57. The molecule has 1 amide bonds. The predicted molar refractivity (Wildman–Crippen MR) is 82.5 cm³/mol. The van der Waals surface area contributed by atoms with Gasteiger partial charge in [0, 0.05) is 6.54 Å². The molecule has 0 heterocycles. The second-order valence-corrected chi connectivity index (χ2v) is 6.85. The molecule has 1 fully saturated rings. The van der Waals surface area contributed by atoms with Crippen LogP contribution in [-0.2, 0) is 14.3 Å². The van der Waals surface area contributed by atoms with Crippen LogP contribution in [0.4, 0.5) is 0 Å². The molecule has 0 spiro atoms. The van der Waals surface area contributed by atoms with Crippen LogP contribution < -0.4 is 11.1 Å². The summed E-state index contributed by atoms with van der Waals surface area (Å²) >= 11 is 0. The Hall–Kier alpha value is -1.10. The smallest absolute Gasteiger partial charge is 0.328 e. The van der Waals surface area contributed by atoms with Crippen molar-refractivity contribution in [1.82, 2.24) is 5.32 Å². The minimum Gasteiger partial charge on any atom is -0.467 e. The van der Waals surface area contributed by atoms with Crippen molar-refractivity contribution in [2.45, 2.75) is 58.9 Å². The zero-order valence-corrected chi connectivity index (χ0v) is 13.8. The second kappa shape index (κ2) is 7.78. The Morgan fingerprint density at radius 2 is 1.90 bits per heavy atom. The third-order valence-electron chi connectivity index (χ3n) is 4.60. The Kier molecular flexibility index (Phi) is 6.65. The predicted octanol–water partition coefficient (Wildman–Crippen LogP) is 1.85. The van der Waals surface area contributed by atoms with E-state index in [1.165, 1.54) is 7.11 Å². The lowest BCUT2D eigenvalue weighted by Crippen LogP contribution is -2.53. The van der Waals surface area contributed by atoms with Gasteiger partial charge in [-0.15, -0.1) is 0 Å². The first-order valence-corrected chi connectivity index (χ1v) is 7.93. The van der Waals surface area contributed by atoms with Crippen LogP contribution in [0.5, 0.6) is 0 Å².